The number of amides is 1. The highest BCUT2D eigenvalue weighted by atomic mass is 32.2. The van der Waals surface area contributed by atoms with E-state index in [2.05, 4.69) is 10.8 Å². The maximum atomic E-state index is 12.4. The van der Waals surface area contributed by atoms with Gasteiger partial charge in [0.05, 0.1) is 4.90 Å². The molecule has 0 heterocycles. The van der Waals surface area contributed by atoms with Gasteiger partial charge in [0.25, 0.3) is 0 Å². The van der Waals surface area contributed by atoms with Crippen molar-refractivity contribution in [2.24, 2.45) is 0 Å². The summed E-state index contributed by atoms with van der Waals surface area (Å²) in [4.78, 5) is 13.8. The monoisotopic (exact) mass is 364 g/mol. The molecule has 1 aromatic carbocycles. The highest BCUT2D eigenvalue weighted by Gasteiger charge is 2.17. The molecule has 0 spiro atoms. The van der Waals surface area contributed by atoms with Crippen LogP contribution in [0, 0.1) is 6.92 Å². The molecule has 1 aliphatic carbocycles. The molecule has 6 heteroatoms. The fourth-order valence-electron chi connectivity index (χ4n) is 3.09. The second kappa shape index (κ2) is 9.15. The van der Waals surface area contributed by atoms with Crippen molar-refractivity contribution in [1.29, 1.82) is 0 Å². The first-order chi connectivity index (χ1) is 11.9. The smallest absolute Gasteiger partial charge is 0.240 e. The number of aryl methyl sites for hydroxylation is 1. The number of carbonyl (C=O) groups excluding carboxylic acids is 1. The van der Waals surface area contributed by atoms with Crippen LogP contribution < -0.4 is 4.72 Å². The summed E-state index contributed by atoms with van der Waals surface area (Å²) in [6, 6.07) is 6.89. The Kier molecular flexibility index (Phi) is 7.20. The molecule has 1 aromatic rings. The highest BCUT2D eigenvalue weighted by Crippen LogP contribution is 2.20. The number of benzene rings is 1. The topological polar surface area (TPSA) is 66.5 Å². The molecular formula is C19H28N2O3S. The maximum Gasteiger partial charge on any atom is 0.240 e. The van der Waals surface area contributed by atoms with Crippen LogP contribution in [-0.4, -0.2) is 38.9 Å². The molecule has 0 bridgehead atoms. The Balaban J connectivity index is 1.87. The number of rotatable bonds is 8. The van der Waals surface area contributed by atoms with Crippen molar-refractivity contribution in [3.05, 3.63) is 41.5 Å². The van der Waals surface area contributed by atoms with Crippen molar-refractivity contribution in [2.75, 3.05) is 19.6 Å². The zero-order valence-corrected chi connectivity index (χ0v) is 15.9. The normalized spacial score (nSPS) is 14.9. The second-order valence-electron chi connectivity index (χ2n) is 6.53. The van der Waals surface area contributed by atoms with Crippen molar-refractivity contribution in [3.8, 4) is 0 Å². The molecule has 0 unspecified atom stereocenters. The predicted octanol–water partition coefficient (Wildman–Crippen LogP) is 3.01. The predicted molar refractivity (Wildman–Crippen MR) is 99.8 cm³/mol. The van der Waals surface area contributed by atoms with E-state index in [1.807, 2.05) is 6.07 Å². The van der Waals surface area contributed by atoms with Crippen LogP contribution in [0.15, 0.2) is 40.8 Å². The number of sulfonamides is 1. The zero-order valence-electron chi connectivity index (χ0n) is 15.1. The fraction of sp³-hybridized carbons (Fsp3) is 0.526. The van der Waals surface area contributed by atoms with Gasteiger partial charge in [-0.1, -0.05) is 29.8 Å². The quantitative estimate of drug-likeness (QED) is 0.721. The Labute approximate surface area is 151 Å². The molecule has 0 radical (unpaired) electrons. The molecule has 5 nitrogen and oxygen atoms in total. The molecular weight excluding hydrogens is 336 g/mol. The lowest BCUT2D eigenvalue weighted by Gasteiger charge is -2.23. The minimum absolute atomic E-state index is 0.0218. The summed E-state index contributed by atoms with van der Waals surface area (Å²) < 4.78 is 27.4. The SMILES string of the molecule is CC(=O)N(CCNS(=O)(=O)c1ccccc1C)CCC1=CCCCC1. The minimum atomic E-state index is -3.55. The lowest BCUT2D eigenvalue weighted by molar-refractivity contribution is -0.128. The molecule has 1 aliphatic rings. The minimum Gasteiger partial charge on any atom is -0.341 e. The Morgan fingerprint density at radius 1 is 1.20 bits per heavy atom. The number of hydrogen-bond acceptors (Lipinski definition) is 3. The van der Waals surface area contributed by atoms with Gasteiger partial charge in [-0.25, -0.2) is 13.1 Å². The van der Waals surface area contributed by atoms with Crippen molar-refractivity contribution in [1.82, 2.24) is 9.62 Å². The summed E-state index contributed by atoms with van der Waals surface area (Å²) in [5, 5.41) is 0. The molecule has 1 amide bonds. The number of allylic oxidation sites excluding steroid dienone is 1. The van der Waals surface area contributed by atoms with Crippen molar-refractivity contribution >= 4 is 15.9 Å². The molecule has 0 saturated carbocycles. The summed E-state index contributed by atoms with van der Waals surface area (Å²) in [5.41, 5.74) is 2.13. The number of hydrogen-bond donors (Lipinski definition) is 1. The Bertz CT molecular complexity index is 726. The van der Waals surface area contributed by atoms with E-state index >= 15 is 0 Å². The molecule has 25 heavy (non-hydrogen) atoms. The van der Waals surface area contributed by atoms with Crippen molar-refractivity contribution in [2.45, 2.75) is 50.8 Å². The first-order valence-electron chi connectivity index (χ1n) is 8.89. The van der Waals surface area contributed by atoms with Gasteiger partial charge in [-0.3, -0.25) is 4.79 Å². The summed E-state index contributed by atoms with van der Waals surface area (Å²) in [7, 11) is -3.55. The number of nitrogens with one attached hydrogen (secondary N) is 1. The summed E-state index contributed by atoms with van der Waals surface area (Å²) in [6.07, 6.45) is 7.88. The van der Waals surface area contributed by atoms with E-state index in [1.165, 1.54) is 25.3 Å². The van der Waals surface area contributed by atoms with E-state index in [0.29, 0.717) is 18.7 Å². The number of nitrogens with zero attached hydrogens (tertiary/aromatic N) is 1. The molecule has 0 aliphatic heterocycles. The van der Waals surface area contributed by atoms with Crippen LogP contribution in [0.3, 0.4) is 0 Å². The first kappa shape index (κ1) is 19.7. The van der Waals surface area contributed by atoms with Crippen LogP contribution in [0.2, 0.25) is 0 Å². The van der Waals surface area contributed by atoms with Gasteiger partial charge in [0, 0.05) is 26.6 Å². The summed E-state index contributed by atoms with van der Waals surface area (Å²) >= 11 is 0. The van der Waals surface area contributed by atoms with Crippen LogP contribution in [0.5, 0.6) is 0 Å². The molecule has 0 atom stereocenters. The standard InChI is InChI=1S/C19H28N2O3S/c1-16-8-6-7-11-19(16)25(23,24)20-13-15-21(17(2)22)14-12-18-9-4-3-5-10-18/h6-9,11,20H,3-5,10,12-15H2,1-2H3. The van der Waals surface area contributed by atoms with Gasteiger partial charge in [-0.15, -0.1) is 0 Å². The van der Waals surface area contributed by atoms with Crippen molar-refractivity contribution in [3.63, 3.8) is 0 Å². The van der Waals surface area contributed by atoms with E-state index in [0.717, 1.165) is 19.3 Å². The molecule has 1 N–H and O–H groups in total. The summed E-state index contributed by atoms with van der Waals surface area (Å²) in [5.74, 6) is -0.0218. The van der Waals surface area contributed by atoms with Gasteiger partial charge in [-0.05, 0) is 50.7 Å². The van der Waals surface area contributed by atoms with Gasteiger partial charge in [0.1, 0.15) is 0 Å². The largest absolute Gasteiger partial charge is 0.341 e. The average molecular weight is 365 g/mol. The lowest BCUT2D eigenvalue weighted by Crippen LogP contribution is -2.38. The van der Waals surface area contributed by atoms with E-state index in [4.69, 9.17) is 0 Å². The van der Waals surface area contributed by atoms with Crippen LogP contribution in [0.4, 0.5) is 0 Å². The average Bonchev–Trinajstić information content (AvgIpc) is 2.58. The third kappa shape index (κ3) is 5.97. The Morgan fingerprint density at radius 3 is 2.60 bits per heavy atom. The van der Waals surface area contributed by atoms with E-state index in [9.17, 15) is 13.2 Å². The van der Waals surface area contributed by atoms with Crippen LogP contribution in [0.25, 0.3) is 0 Å². The van der Waals surface area contributed by atoms with E-state index < -0.39 is 10.0 Å². The highest BCUT2D eigenvalue weighted by molar-refractivity contribution is 7.89. The van der Waals surface area contributed by atoms with Gasteiger partial charge < -0.3 is 4.90 Å². The third-order valence-electron chi connectivity index (χ3n) is 4.59. The third-order valence-corrected chi connectivity index (χ3v) is 6.21. The number of carbonyl (C=O) groups is 1. The summed E-state index contributed by atoms with van der Waals surface area (Å²) in [6.45, 7) is 4.55. The second-order valence-corrected chi connectivity index (χ2v) is 8.26. The Morgan fingerprint density at radius 2 is 1.96 bits per heavy atom. The van der Waals surface area contributed by atoms with Gasteiger partial charge in [-0.2, -0.15) is 0 Å². The zero-order chi connectivity index (χ0) is 18.3. The van der Waals surface area contributed by atoms with Crippen LogP contribution >= 0.6 is 0 Å². The fourth-order valence-corrected chi connectivity index (χ4v) is 4.35. The molecule has 0 fully saturated rings. The Hall–Kier alpha value is -1.66. The van der Waals surface area contributed by atoms with Gasteiger partial charge in [0.15, 0.2) is 0 Å². The maximum absolute atomic E-state index is 12.4. The van der Waals surface area contributed by atoms with E-state index in [1.54, 1.807) is 30.0 Å². The van der Waals surface area contributed by atoms with Gasteiger partial charge in [0.2, 0.25) is 15.9 Å². The van der Waals surface area contributed by atoms with Gasteiger partial charge >= 0.3 is 0 Å². The first-order valence-corrected chi connectivity index (χ1v) is 10.4. The lowest BCUT2D eigenvalue weighted by atomic mass is 9.97. The van der Waals surface area contributed by atoms with Crippen LogP contribution in [-0.2, 0) is 14.8 Å². The van der Waals surface area contributed by atoms with Crippen LogP contribution in [0.1, 0.15) is 44.6 Å². The molecule has 0 aromatic heterocycles. The molecule has 138 valence electrons. The molecule has 0 saturated heterocycles. The molecule has 2 rings (SSSR count). The van der Waals surface area contributed by atoms with Crippen molar-refractivity contribution < 1.29 is 13.2 Å². The van der Waals surface area contributed by atoms with E-state index in [-0.39, 0.29) is 17.3 Å².